The van der Waals surface area contributed by atoms with Crippen LogP contribution in [-0.4, -0.2) is 27.5 Å². The molecule has 6 heteroatoms. The molecule has 18 heavy (non-hydrogen) atoms. The first-order valence-corrected chi connectivity index (χ1v) is 7.71. The Hall–Kier alpha value is -1.11. The van der Waals surface area contributed by atoms with Gasteiger partial charge in [-0.05, 0) is 44.5 Å². The molecule has 0 amide bonds. The molecule has 0 aromatic heterocycles. The summed E-state index contributed by atoms with van der Waals surface area (Å²) in [6.07, 6.45) is 3.11. The van der Waals surface area contributed by atoms with Gasteiger partial charge in [0.2, 0.25) is 10.0 Å². The van der Waals surface area contributed by atoms with Gasteiger partial charge in [0.15, 0.2) is 0 Å². The fourth-order valence-corrected chi connectivity index (χ4v) is 2.92. The molecule has 2 rings (SSSR count). The fraction of sp³-hybridized carbons (Fsp3) is 0.500. The zero-order chi connectivity index (χ0) is 13.0. The molecule has 4 N–H and O–H groups in total. The Kier molecular flexibility index (Phi) is 4.21. The van der Waals surface area contributed by atoms with Crippen LogP contribution in [0.5, 0.6) is 0 Å². The number of hydrogen-bond acceptors (Lipinski definition) is 4. The lowest BCUT2D eigenvalue weighted by Crippen LogP contribution is -2.23. The Morgan fingerprint density at radius 3 is 2.78 bits per heavy atom. The van der Waals surface area contributed by atoms with Gasteiger partial charge in [-0.25, -0.2) is 13.6 Å². The maximum absolute atomic E-state index is 11.5. The Bertz CT molecular complexity index is 494. The molecule has 1 heterocycles. The van der Waals surface area contributed by atoms with Gasteiger partial charge >= 0.3 is 0 Å². The van der Waals surface area contributed by atoms with Crippen molar-refractivity contribution < 1.29 is 8.42 Å². The SMILES string of the molecule is NS(=O)(=O)c1ccccc1NC1CCCNCC1. The summed E-state index contributed by atoms with van der Waals surface area (Å²) in [5.41, 5.74) is 0.604. The second kappa shape index (κ2) is 5.69. The van der Waals surface area contributed by atoms with Crippen LogP contribution in [0.25, 0.3) is 0 Å². The molecule has 1 aliphatic heterocycles. The quantitative estimate of drug-likeness (QED) is 0.761. The highest BCUT2D eigenvalue weighted by Gasteiger charge is 2.17. The van der Waals surface area contributed by atoms with Crippen LogP contribution in [-0.2, 0) is 10.0 Å². The number of rotatable bonds is 3. The summed E-state index contributed by atoms with van der Waals surface area (Å²) < 4.78 is 23.0. The van der Waals surface area contributed by atoms with Crippen LogP contribution >= 0.6 is 0 Å². The molecular weight excluding hydrogens is 250 g/mol. The van der Waals surface area contributed by atoms with Crippen molar-refractivity contribution in [2.24, 2.45) is 5.14 Å². The number of nitrogens with one attached hydrogen (secondary N) is 2. The lowest BCUT2D eigenvalue weighted by molar-refractivity contribution is 0.597. The van der Waals surface area contributed by atoms with E-state index >= 15 is 0 Å². The predicted molar refractivity (Wildman–Crippen MR) is 71.9 cm³/mol. The van der Waals surface area contributed by atoms with Gasteiger partial charge in [-0.2, -0.15) is 0 Å². The lowest BCUT2D eigenvalue weighted by atomic mass is 10.1. The second-order valence-electron chi connectivity index (χ2n) is 4.56. The topological polar surface area (TPSA) is 84.2 Å². The summed E-state index contributed by atoms with van der Waals surface area (Å²) in [7, 11) is -3.67. The number of sulfonamides is 1. The highest BCUT2D eigenvalue weighted by molar-refractivity contribution is 7.89. The number of nitrogens with two attached hydrogens (primary N) is 1. The maximum Gasteiger partial charge on any atom is 0.240 e. The number of hydrogen-bond donors (Lipinski definition) is 3. The largest absolute Gasteiger partial charge is 0.381 e. The van der Waals surface area contributed by atoms with E-state index in [9.17, 15) is 8.42 Å². The summed E-state index contributed by atoms with van der Waals surface area (Å²) in [5.74, 6) is 0. The van der Waals surface area contributed by atoms with Gasteiger partial charge in [0.1, 0.15) is 4.90 Å². The predicted octanol–water partition coefficient (Wildman–Crippen LogP) is 0.888. The van der Waals surface area contributed by atoms with Crippen molar-refractivity contribution >= 4 is 15.7 Å². The average Bonchev–Trinajstić information content (AvgIpc) is 2.57. The van der Waals surface area contributed by atoms with Crippen molar-refractivity contribution in [3.8, 4) is 0 Å². The number of benzene rings is 1. The molecular formula is C12H19N3O2S. The Balaban J connectivity index is 2.18. The summed E-state index contributed by atoms with van der Waals surface area (Å²) >= 11 is 0. The minimum atomic E-state index is -3.67. The van der Waals surface area contributed by atoms with Crippen LogP contribution in [0.2, 0.25) is 0 Å². The molecule has 1 aromatic carbocycles. The Morgan fingerprint density at radius 1 is 1.22 bits per heavy atom. The zero-order valence-corrected chi connectivity index (χ0v) is 11.0. The molecule has 1 unspecified atom stereocenters. The van der Waals surface area contributed by atoms with E-state index in [4.69, 9.17) is 5.14 Å². The highest BCUT2D eigenvalue weighted by Crippen LogP contribution is 2.22. The van der Waals surface area contributed by atoms with Crippen LogP contribution in [0.4, 0.5) is 5.69 Å². The van der Waals surface area contributed by atoms with E-state index in [1.54, 1.807) is 12.1 Å². The van der Waals surface area contributed by atoms with E-state index in [1.165, 1.54) is 6.07 Å². The Morgan fingerprint density at radius 2 is 2.00 bits per heavy atom. The molecule has 0 bridgehead atoms. The van der Waals surface area contributed by atoms with Crippen LogP contribution in [0.1, 0.15) is 19.3 Å². The van der Waals surface area contributed by atoms with Crippen molar-refractivity contribution in [3.05, 3.63) is 24.3 Å². The van der Waals surface area contributed by atoms with E-state index in [-0.39, 0.29) is 4.90 Å². The third-order valence-electron chi connectivity index (χ3n) is 3.13. The number of primary sulfonamides is 1. The third-order valence-corrected chi connectivity index (χ3v) is 4.10. The smallest absolute Gasteiger partial charge is 0.240 e. The molecule has 100 valence electrons. The highest BCUT2D eigenvalue weighted by atomic mass is 32.2. The van der Waals surface area contributed by atoms with Gasteiger partial charge in [0.25, 0.3) is 0 Å². The molecule has 1 saturated heterocycles. The summed E-state index contributed by atoms with van der Waals surface area (Å²) in [6.45, 7) is 1.98. The van der Waals surface area contributed by atoms with Crippen molar-refractivity contribution in [2.75, 3.05) is 18.4 Å². The summed E-state index contributed by atoms with van der Waals surface area (Å²) in [4.78, 5) is 0.169. The molecule has 1 fully saturated rings. The average molecular weight is 269 g/mol. The van der Waals surface area contributed by atoms with Gasteiger partial charge in [0.05, 0.1) is 5.69 Å². The van der Waals surface area contributed by atoms with Gasteiger partial charge < -0.3 is 10.6 Å². The fourth-order valence-electron chi connectivity index (χ4n) is 2.22. The van der Waals surface area contributed by atoms with E-state index in [0.29, 0.717) is 11.7 Å². The minimum absolute atomic E-state index is 0.169. The van der Waals surface area contributed by atoms with Gasteiger partial charge in [0, 0.05) is 6.04 Å². The molecule has 1 aromatic rings. The normalized spacial score (nSPS) is 21.3. The van der Waals surface area contributed by atoms with Crippen molar-refractivity contribution in [2.45, 2.75) is 30.2 Å². The van der Waals surface area contributed by atoms with E-state index in [0.717, 1.165) is 32.4 Å². The summed E-state index contributed by atoms with van der Waals surface area (Å²) in [6, 6.07) is 7.08. The number of anilines is 1. The van der Waals surface area contributed by atoms with Crippen molar-refractivity contribution in [3.63, 3.8) is 0 Å². The molecule has 0 saturated carbocycles. The van der Waals surface area contributed by atoms with Crippen molar-refractivity contribution in [1.29, 1.82) is 0 Å². The third kappa shape index (κ3) is 3.44. The standard InChI is InChI=1S/C12H19N3O2S/c13-18(16,17)12-6-2-1-5-11(12)15-10-4-3-8-14-9-7-10/h1-2,5-6,10,14-15H,3-4,7-9H2,(H2,13,16,17). The first-order chi connectivity index (χ1) is 8.57. The lowest BCUT2D eigenvalue weighted by Gasteiger charge is -2.19. The van der Waals surface area contributed by atoms with Gasteiger partial charge in [-0.1, -0.05) is 12.1 Å². The molecule has 1 aliphatic rings. The van der Waals surface area contributed by atoms with Crippen LogP contribution in [0.15, 0.2) is 29.2 Å². The van der Waals surface area contributed by atoms with Crippen LogP contribution in [0, 0.1) is 0 Å². The Labute approximate surface area is 108 Å². The molecule has 0 radical (unpaired) electrons. The van der Waals surface area contributed by atoms with Gasteiger partial charge in [-0.3, -0.25) is 0 Å². The number of para-hydroxylation sites is 1. The van der Waals surface area contributed by atoms with Crippen LogP contribution < -0.4 is 15.8 Å². The van der Waals surface area contributed by atoms with Crippen LogP contribution in [0.3, 0.4) is 0 Å². The molecule has 5 nitrogen and oxygen atoms in total. The zero-order valence-electron chi connectivity index (χ0n) is 10.2. The second-order valence-corrected chi connectivity index (χ2v) is 6.09. The minimum Gasteiger partial charge on any atom is -0.381 e. The van der Waals surface area contributed by atoms with Crippen molar-refractivity contribution in [1.82, 2.24) is 5.32 Å². The first-order valence-electron chi connectivity index (χ1n) is 6.16. The monoisotopic (exact) mass is 269 g/mol. The molecule has 0 aliphatic carbocycles. The molecule has 0 spiro atoms. The maximum atomic E-state index is 11.5. The first kappa shape index (κ1) is 13.3. The van der Waals surface area contributed by atoms with Gasteiger partial charge in [-0.15, -0.1) is 0 Å². The van der Waals surface area contributed by atoms with E-state index in [1.807, 2.05) is 6.07 Å². The summed E-state index contributed by atoms with van der Waals surface area (Å²) in [5, 5.41) is 11.8. The van der Waals surface area contributed by atoms with E-state index < -0.39 is 10.0 Å². The molecule has 1 atom stereocenters. The van der Waals surface area contributed by atoms with E-state index in [2.05, 4.69) is 10.6 Å².